The number of amides is 1. The Hall–Kier alpha value is -2.58. The first kappa shape index (κ1) is 20.2. The molecule has 0 aliphatic carbocycles. The minimum absolute atomic E-state index is 0.0781. The van der Waals surface area contributed by atoms with Crippen LogP contribution in [0.5, 0.6) is 11.5 Å². The summed E-state index contributed by atoms with van der Waals surface area (Å²) in [5, 5.41) is 0. The number of carbonyl (C=O) groups excluding carboxylic acids is 1. The minimum Gasteiger partial charge on any atom is -0.497 e. The summed E-state index contributed by atoms with van der Waals surface area (Å²) >= 11 is 0. The molecule has 0 bridgehead atoms. The number of rotatable bonds is 5. The highest BCUT2D eigenvalue weighted by Gasteiger charge is 2.34. The van der Waals surface area contributed by atoms with Gasteiger partial charge in [-0.2, -0.15) is 0 Å². The Bertz CT molecular complexity index is 984. The molecule has 2 aromatic rings. The summed E-state index contributed by atoms with van der Waals surface area (Å²) in [5.74, 6) is 1.02. The van der Waals surface area contributed by atoms with Crippen LogP contribution in [0.1, 0.15) is 26.3 Å². The van der Waals surface area contributed by atoms with Crippen molar-refractivity contribution in [2.75, 3.05) is 18.6 Å². The average molecular weight is 404 g/mol. The lowest BCUT2D eigenvalue weighted by Gasteiger charge is -2.39. The number of methoxy groups -OCH3 is 1. The van der Waals surface area contributed by atoms with E-state index in [-0.39, 0.29) is 17.3 Å². The molecule has 28 heavy (non-hydrogen) atoms. The van der Waals surface area contributed by atoms with Gasteiger partial charge in [-0.25, -0.2) is 13.1 Å². The molecule has 0 radical (unpaired) electrons. The van der Waals surface area contributed by atoms with Crippen LogP contribution >= 0.6 is 0 Å². The topological polar surface area (TPSA) is 84.9 Å². The van der Waals surface area contributed by atoms with E-state index in [0.29, 0.717) is 23.7 Å². The summed E-state index contributed by atoms with van der Waals surface area (Å²) in [6.07, 6.45) is 0. The first-order valence-electron chi connectivity index (χ1n) is 8.85. The van der Waals surface area contributed by atoms with E-state index in [9.17, 15) is 13.2 Å². The Balaban J connectivity index is 1.84. The molecule has 0 fully saturated rings. The van der Waals surface area contributed by atoms with Crippen molar-refractivity contribution in [2.24, 2.45) is 0 Å². The van der Waals surface area contributed by atoms with Crippen molar-refractivity contribution in [3.63, 3.8) is 0 Å². The second-order valence-electron chi connectivity index (χ2n) is 7.27. The Kier molecular flexibility index (Phi) is 5.36. The standard InChI is InChI=1S/C20H24N2O5S/c1-14(23)22-13-20(2,3)27-19-10-9-17(11-18(19)22)28(24,25)21-12-15-5-7-16(26-4)8-6-15/h5-11,21H,12-13H2,1-4H3. The van der Waals surface area contributed by atoms with Crippen molar-refractivity contribution in [1.29, 1.82) is 0 Å². The molecule has 0 spiro atoms. The molecule has 150 valence electrons. The highest BCUT2D eigenvalue weighted by atomic mass is 32.2. The third-order valence-corrected chi connectivity index (χ3v) is 5.86. The number of carbonyl (C=O) groups is 1. The number of hydrogen-bond donors (Lipinski definition) is 1. The third-order valence-electron chi connectivity index (χ3n) is 4.46. The van der Waals surface area contributed by atoms with E-state index in [1.54, 1.807) is 42.3 Å². The highest BCUT2D eigenvalue weighted by Crippen LogP contribution is 2.38. The zero-order chi connectivity index (χ0) is 20.5. The maximum atomic E-state index is 12.7. The van der Waals surface area contributed by atoms with Gasteiger partial charge < -0.3 is 14.4 Å². The lowest BCUT2D eigenvalue weighted by molar-refractivity contribution is -0.117. The number of hydrogen-bond acceptors (Lipinski definition) is 5. The normalized spacial score (nSPS) is 15.5. The fraction of sp³-hybridized carbons (Fsp3) is 0.350. The molecule has 1 N–H and O–H groups in total. The summed E-state index contributed by atoms with van der Waals surface area (Å²) in [7, 11) is -2.19. The second-order valence-corrected chi connectivity index (χ2v) is 9.04. The fourth-order valence-corrected chi connectivity index (χ4v) is 4.08. The van der Waals surface area contributed by atoms with Gasteiger partial charge in [0.05, 0.1) is 24.2 Å². The van der Waals surface area contributed by atoms with Gasteiger partial charge in [0.2, 0.25) is 15.9 Å². The van der Waals surface area contributed by atoms with Crippen LogP contribution in [0, 0.1) is 0 Å². The van der Waals surface area contributed by atoms with Crippen LogP contribution in [0.2, 0.25) is 0 Å². The quantitative estimate of drug-likeness (QED) is 0.828. The van der Waals surface area contributed by atoms with E-state index < -0.39 is 15.6 Å². The lowest BCUT2D eigenvalue weighted by Crippen LogP contribution is -2.48. The predicted octanol–water partition coefficient (Wildman–Crippen LogP) is 2.70. The van der Waals surface area contributed by atoms with E-state index in [2.05, 4.69) is 4.72 Å². The van der Waals surface area contributed by atoms with Crippen LogP contribution in [0.15, 0.2) is 47.4 Å². The number of benzene rings is 2. The number of ether oxygens (including phenoxy) is 2. The minimum atomic E-state index is -3.76. The van der Waals surface area contributed by atoms with E-state index in [4.69, 9.17) is 9.47 Å². The summed E-state index contributed by atoms with van der Waals surface area (Å²) in [6, 6.07) is 11.7. The molecule has 1 aliphatic rings. The molecule has 7 nitrogen and oxygen atoms in total. The van der Waals surface area contributed by atoms with Gasteiger partial charge in [0.25, 0.3) is 0 Å². The largest absolute Gasteiger partial charge is 0.497 e. The summed E-state index contributed by atoms with van der Waals surface area (Å²) in [4.78, 5) is 13.7. The summed E-state index contributed by atoms with van der Waals surface area (Å²) in [5.41, 5.74) is 0.711. The maximum absolute atomic E-state index is 12.7. The van der Waals surface area contributed by atoms with Gasteiger partial charge in [-0.15, -0.1) is 0 Å². The van der Waals surface area contributed by atoms with Crippen molar-refractivity contribution >= 4 is 21.6 Å². The molecule has 1 amide bonds. The Morgan fingerprint density at radius 2 is 1.89 bits per heavy atom. The van der Waals surface area contributed by atoms with E-state index in [0.717, 1.165) is 5.56 Å². The van der Waals surface area contributed by atoms with Crippen LogP contribution in [0.3, 0.4) is 0 Å². The molecule has 2 aromatic carbocycles. The molecule has 0 atom stereocenters. The maximum Gasteiger partial charge on any atom is 0.240 e. The van der Waals surface area contributed by atoms with Gasteiger partial charge >= 0.3 is 0 Å². The number of fused-ring (bicyclic) bond motifs is 1. The first-order valence-corrected chi connectivity index (χ1v) is 10.3. The predicted molar refractivity (Wildman–Crippen MR) is 106 cm³/mol. The highest BCUT2D eigenvalue weighted by molar-refractivity contribution is 7.89. The van der Waals surface area contributed by atoms with Crippen LogP contribution < -0.4 is 19.1 Å². The first-order chi connectivity index (χ1) is 13.1. The SMILES string of the molecule is COc1ccc(CNS(=O)(=O)c2ccc3c(c2)N(C(C)=O)CC(C)(C)O3)cc1. The third kappa shape index (κ3) is 4.28. The van der Waals surface area contributed by atoms with Gasteiger partial charge in [-0.05, 0) is 49.7 Å². The molecule has 0 saturated heterocycles. The molecular weight excluding hydrogens is 380 g/mol. The molecule has 0 saturated carbocycles. The van der Waals surface area contributed by atoms with E-state index >= 15 is 0 Å². The average Bonchev–Trinajstić information content (AvgIpc) is 2.65. The number of nitrogens with one attached hydrogen (secondary N) is 1. The fourth-order valence-electron chi connectivity index (χ4n) is 3.04. The van der Waals surface area contributed by atoms with Crippen molar-refractivity contribution in [1.82, 2.24) is 4.72 Å². The molecule has 8 heteroatoms. The smallest absolute Gasteiger partial charge is 0.240 e. The monoisotopic (exact) mass is 404 g/mol. The van der Waals surface area contributed by atoms with Gasteiger partial charge in [0.15, 0.2) is 0 Å². The number of nitrogens with zero attached hydrogens (tertiary/aromatic N) is 1. The number of anilines is 1. The molecule has 0 aromatic heterocycles. The van der Waals surface area contributed by atoms with Crippen LogP contribution in [0.25, 0.3) is 0 Å². The summed E-state index contributed by atoms with van der Waals surface area (Å²) < 4.78 is 39.1. The van der Waals surface area contributed by atoms with Crippen LogP contribution in [-0.4, -0.2) is 33.6 Å². The lowest BCUT2D eigenvalue weighted by atomic mass is 10.1. The van der Waals surface area contributed by atoms with E-state index in [1.165, 1.54) is 19.1 Å². The van der Waals surface area contributed by atoms with Gasteiger partial charge in [0, 0.05) is 13.5 Å². The molecule has 0 unspecified atom stereocenters. The zero-order valence-electron chi connectivity index (χ0n) is 16.4. The Labute approximate surface area is 165 Å². The van der Waals surface area contributed by atoms with Crippen LogP contribution in [0.4, 0.5) is 5.69 Å². The Morgan fingerprint density at radius 3 is 2.50 bits per heavy atom. The van der Waals surface area contributed by atoms with Gasteiger partial charge in [0.1, 0.15) is 17.1 Å². The Morgan fingerprint density at radius 1 is 1.21 bits per heavy atom. The molecule has 1 heterocycles. The van der Waals surface area contributed by atoms with Gasteiger partial charge in [-0.3, -0.25) is 4.79 Å². The van der Waals surface area contributed by atoms with Crippen molar-refractivity contribution < 1.29 is 22.7 Å². The van der Waals surface area contributed by atoms with Crippen molar-refractivity contribution in [3.8, 4) is 11.5 Å². The second kappa shape index (κ2) is 7.44. The van der Waals surface area contributed by atoms with E-state index in [1.807, 2.05) is 13.8 Å². The van der Waals surface area contributed by atoms with Crippen LogP contribution in [-0.2, 0) is 21.4 Å². The molecule has 3 rings (SSSR count). The van der Waals surface area contributed by atoms with Gasteiger partial charge in [-0.1, -0.05) is 12.1 Å². The molecular formula is C20H24N2O5S. The summed E-state index contributed by atoms with van der Waals surface area (Å²) in [6.45, 7) is 5.70. The zero-order valence-corrected chi connectivity index (χ0v) is 17.2. The number of sulfonamides is 1. The van der Waals surface area contributed by atoms with Crippen molar-refractivity contribution in [2.45, 2.75) is 37.8 Å². The van der Waals surface area contributed by atoms with Crippen molar-refractivity contribution in [3.05, 3.63) is 48.0 Å². The molecule has 1 aliphatic heterocycles.